The zero-order valence-corrected chi connectivity index (χ0v) is 12.5. The topological polar surface area (TPSA) is 54.0 Å². The van der Waals surface area contributed by atoms with Crippen molar-refractivity contribution in [3.05, 3.63) is 28.5 Å². The van der Waals surface area contributed by atoms with Gasteiger partial charge in [0.15, 0.2) is 0 Å². The minimum atomic E-state index is 0.101. The third-order valence-electron chi connectivity index (χ3n) is 2.64. The lowest BCUT2D eigenvalue weighted by atomic mass is 10.2. The number of carbonyl (C=O) groups is 1. The van der Waals surface area contributed by atoms with E-state index in [1.54, 1.807) is 6.20 Å². The van der Waals surface area contributed by atoms with Crippen molar-refractivity contribution in [2.75, 3.05) is 6.54 Å². The first-order valence-corrected chi connectivity index (χ1v) is 7.00. The number of pyridine rings is 1. The molecule has 0 saturated heterocycles. The number of hydrogen-bond acceptors (Lipinski definition) is 3. The molecule has 0 aliphatic heterocycles. The van der Waals surface area contributed by atoms with Crippen molar-refractivity contribution in [1.29, 1.82) is 0 Å². The van der Waals surface area contributed by atoms with Gasteiger partial charge in [0.2, 0.25) is 5.91 Å². The smallest absolute Gasteiger partial charge is 0.221 e. The van der Waals surface area contributed by atoms with Gasteiger partial charge in [0.05, 0.1) is 0 Å². The quantitative estimate of drug-likeness (QED) is 0.759. The van der Waals surface area contributed by atoms with Crippen LogP contribution in [0.2, 0.25) is 0 Å². The summed E-state index contributed by atoms with van der Waals surface area (Å²) in [6, 6.07) is 2.27. The summed E-state index contributed by atoms with van der Waals surface area (Å²) in [5, 5.41) is 6.17. The predicted octanol–water partition coefficient (Wildman–Crippen LogP) is 2.24. The molecule has 0 saturated carbocycles. The van der Waals surface area contributed by atoms with E-state index in [4.69, 9.17) is 0 Å². The van der Waals surface area contributed by atoms with E-state index in [-0.39, 0.29) is 11.9 Å². The maximum atomic E-state index is 11.5. The Morgan fingerprint density at radius 2 is 2.28 bits per heavy atom. The number of hydrogen-bond donors (Lipinski definition) is 2. The molecule has 0 aliphatic carbocycles. The van der Waals surface area contributed by atoms with E-state index in [9.17, 15) is 4.79 Å². The summed E-state index contributed by atoms with van der Waals surface area (Å²) in [5.41, 5.74) is 1.10. The summed E-state index contributed by atoms with van der Waals surface area (Å²) in [5.74, 6) is 0.101. The van der Waals surface area contributed by atoms with Crippen molar-refractivity contribution in [3.8, 4) is 0 Å². The highest BCUT2D eigenvalue weighted by Gasteiger charge is 2.04. The molecular formula is C13H20BrN3O. The number of amides is 1. The highest BCUT2D eigenvalue weighted by atomic mass is 79.9. The van der Waals surface area contributed by atoms with E-state index < -0.39 is 0 Å². The Morgan fingerprint density at radius 3 is 2.94 bits per heavy atom. The van der Waals surface area contributed by atoms with Gasteiger partial charge < -0.3 is 10.6 Å². The number of rotatable bonds is 7. The van der Waals surface area contributed by atoms with Crippen molar-refractivity contribution in [2.24, 2.45) is 0 Å². The number of halogens is 1. The average molecular weight is 314 g/mol. The lowest BCUT2D eigenvalue weighted by Crippen LogP contribution is -2.33. The molecule has 5 heteroatoms. The van der Waals surface area contributed by atoms with Crippen LogP contribution < -0.4 is 10.6 Å². The first-order chi connectivity index (χ1) is 8.61. The van der Waals surface area contributed by atoms with Crippen LogP contribution in [0.25, 0.3) is 0 Å². The van der Waals surface area contributed by atoms with E-state index in [1.165, 1.54) is 0 Å². The van der Waals surface area contributed by atoms with E-state index in [0.717, 1.165) is 23.0 Å². The molecule has 1 amide bonds. The highest BCUT2D eigenvalue weighted by Crippen LogP contribution is 2.08. The van der Waals surface area contributed by atoms with Gasteiger partial charge in [0, 0.05) is 42.4 Å². The zero-order valence-electron chi connectivity index (χ0n) is 10.9. The Hall–Kier alpha value is -0.940. The molecule has 0 aliphatic rings. The summed E-state index contributed by atoms with van der Waals surface area (Å²) >= 11 is 3.37. The van der Waals surface area contributed by atoms with Crippen LogP contribution in [-0.2, 0) is 11.3 Å². The number of nitrogens with zero attached hydrogens (tertiary/aromatic N) is 1. The lowest BCUT2D eigenvalue weighted by molar-refractivity contribution is -0.121. The average Bonchev–Trinajstić information content (AvgIpc) is 2.34. The largest absolute Gasteiger partial charge is 0.354 e. The maximum absolute atomic E-state index is 11.5. The molecule has 2 N–H and O–H groups in total. The molecule has 1 aromatic heterocycles. The zero-order chi connectivity index (χ0) is 13.4. The molecule has 1 atom stereocenters. The van der Waals surface area contributed by atoms with Crippen LogP contribution in [0.5, 0.6) is 0 Å². The molecule has 0 aromatic carbocycles. The number of carbonyl (C=O) groups excluding carboxylic acids is 1. The Kier molecular flexibility index (Phi) is 6.90. The van der Waals surface area contributed by atoms with E-state index in [0.29, 0.717) is 13.0 Å². The van der Waals surface area contributed by atoms with E-state index in [1.807, 2.05) is 19.2 Å². The fraction of sp³-hybridized carbons (Fsp3) is 0.538. The van der Waals surface area contributed by atoms with Crippen molar-refractivity contribution < 1.29 is 4.79 Å². The molecule has 0 bridgehead atoms. The van der Waals surface area contributed by atoms with Gasteiger partial charge in [-0.3, -0.25) is 9.78 Å². The Labute approximate surface area is 117 Å². The molecule has 0 fully saturated rings. The van der Waals surface area contributed by atoms with Gasteiger partial charge in [-0.1, -0.05) is 6.92 Å². The molecule has 100 valence electrons. The molecule has 0 radical (unpaired) electrons. The van der Waals surface area contributed by atoms with Crippen molar-refractivity contribution in [2.45, 2.75) is 39.3 Å². The van der Waals surface area contributed by atoms with Crippen LogP contribution in [0.3, 0.4) is 0 Å². The van der Waals surface area contributed by atoms with Crippen molar-refractivity contribution in [1.82, 2.24) is 15.6 Å². The summed E-state index contributed by atoms with van der Waals surface area (Å²) in [7, 11) is 0. The second kappa shape index (κ2) is 8.21. The van der Waals surface area contributed by atoms with Gasteiger partial charge in [-0.25, -0.2) is 0 Å². The second-order valence-electron chi connectivity index (χ2n) is 4.31. The summed E-state index contributed by atoms with van der Waals surface area (Å²) < 4.78 is 0.969. The molecule has 18 heavy (non-hydrogen) atoms. The normalized spacial score (nSPS) is 12.2. The third-order valence-corrected chi connectivity index (χ3v) is 3.07. The van der Waals surface area contributed by atoms with Crippen LogP contribution >= 0.6 is 15.9 Å². The number of nitrogens with one attached hydrogen (secondary N) is 2. The van der Waals surface area contributed by atoms with Crippen LogP contribution in [-0.4, -0.2) is 23.5 Å². The molecule has 1 heterocycles. The number of aromatic nitrogens is 1. The van der Waals surface area contributed by atoms with Crippen molar-refractivity contribution >= 4 is 21.8 Å². The second-order valence-corrected chi connectivity index (χ2v) is 5.23. The maximum Gasteiger partial charge on any atom is 0.221 e. The van der Waals surface area contributed by atoms with Gasteiger partial charge in [-0.15, -0.1) is 0 Å². The van der Waals surface area contributed by atoms with E-state index >= 15 is 0 Å². The highest BCUT2D eigenvalue weighted by molar-refractivity contribution is 9.10. The lowest BCUT2D eigenvalue weighted by Gasteiger charge is -2.11. The Balaban J connectivity index is 2.17. The summed E-state index contributed by atoms with van der Waals surface area (Å²) in [6.07, 6.45) is 5.04. The minimum absolute atomic E-state index is 0.101. The van der Waals surface area contributed by atoms with Gasteiger partial charge >= 0.3 is 0 Å². The van der Waals surface area contributed by atoms with Crippen LogP contribution in [0.4, 0.5) is 0 Å². The fourth-order valence-electron chi connectivity index (χ4n) is 1.44. The minimum Gasteiger partial charge on any atom is -0.354 e. The van der Waals surface area contributed by atoms with Gasteiger partial charge in [0.25, 0.3) is 0 Å². The van der Waals surface area contributed by atoms with Gasteiger partial charge in [0.1, 0.15) is 0 Å². The fourth-order valence-corrected chi connectivity index (χ4v) is 1.85. The molecular weight excluding hydrogens is 294 g/mol. The van der Waals surface area contributed by atoms with Crippen LogP contribution in [0.15, 0.2) is 22.9 Å². The summed E-state index contributed by atoms with van der Waals surface area (Å²) in [4.78, 5) is 15.6. The standard InChI is InChI=1S/C13H20BrN3O/c1-3-10(2)17-13(18)4-5-15-7-11-6-12(14)9-16-8-11/h6,8-10,15H,3-5,7H2,1-2H3,(H,17,18). The monoisotopic (exact) mass is 313 g/mol. The SMILES string of the molecule is CCC(C)NC(=O)CCNCc1cncc(Br)c1. The van der Waals surface area contributed by atoms with Crippen molar-refractivity contribution in [3.63, 3.8) is 0 Å². The third kappa shape index (κ3) is 6.12. The predicted molar refractivity (Wildman–Crippen MR) is 76.2 cm³/mol. The van der Waals surface area contributed by atoms with E-state index in [2.05, 4.69) is 38.5 Å². The first-order valence-electron chi connectivity index (χ1n) is 6.21. The Bertz CT molecular complexity index is 384. The van der Waals surface area contributed by atoms with Crippen LogP contribution in [0, 0.1) is 0 Å². The van der Waals surface area contributed by atoms with Gasteiger partial charge in [-0.05, 0) is 40.9 Å². The van der Waals surface area contributed by atoms with Gasteiger partial charge in [-0.2, -0.15) is 0 Å². The molecule has 0 spiro atoms. The van der Waals surface area contributed by atoms with Crippen LogP contribution in [0.1, 0.15) is 32.3 Å². The molecule has 1 unspecified atom stereocenters. The molecule has 1 aromatic rings. The first kappa shape index (κ1) is 15.1. The molecule has 1 rings (SSSR count). The Morgan fingerprint density at radius 1 is 1.50 bits per heavy atom. The molecule has 4 nitrogen and oxygen atoms in total. The summed E-state index contributed by atoms with van der Waals surface area (Å²) in [6.45, 7) is 5.47.